The van der Waals surface area contributed by atoms with Crippen molar-refractivity contribution in [2.45, 2.75) is 6.54 Å². The van der Waals surface area contributed by atoms with Crippen LogP contribution < -0.4 is 0 Å². The van der Waals surface area contributed by atoms with Crippen LogP contribution in [0.3, 0.4) is 0 Å². The zero-order valence-corrected chi connectivity index (χ0v) is 12.6. The number of hydrogen-bond donors (Lipinski definition) is 0. The number of hydrogen-bond acceptors (Lipinski definition) is 3. The minimum absolute atomic E-state index is 0.112. The van der Waals surface area contributed by atoms with Crippen LogP contribution in [-0.4, -0.2) is 23.0 Å². The van der Waals surface area contributed by atoms with Gasteiger partial charge in [0.05, 0.1) is 6.54 Å². The molecule has 0 aliphatic heterocycles. The van der Waals surface area contributed by atoms with Gasteiger partial charge < -0.3 is 9.42 Å². The number of rotatable bonds is 4. The molecule has 0 aliphatic carbocycles. The molecule has 0 fully saturated rings. The van der Waals surface area contributed by atoms with Crippen molar-refractivity contribution in [1.29, 1.82) is 0 Å². The zero-order chi connectivity index (χ0) is 16.2. The van der Waals surface area contributed by atoms with Gasteiger partial charge in [-0.3, -0.25) is 4.79 Å². The van der Waals surface area contributed by atoms with Crippen molar-refractivity contribution in [2.75, 3.05) is 7.05 Å². The summed E-state index contributed by atoms with van der Waals surface area (Å²) in [6, 6.07) is 15.2. The third-order valence-electron chi connectivity index (χ3n) is 3.53. The van der Waals surface area contributed by atoms with E-state index in [0.717, 1.165) is 11.1 Å². The van der Waals surface area contributed by atoms with Gasteiger partial charge in [0, 0.05) is 18.7 Å². The van der Waals surface area contributed by atoms with E-state index < -0.39 is 0 Å². The van der Waals surface area contributed by atoms with Gasteiger partial charge in [-0.25, -0.2) is 4.39 Å². The van der Waals surface area contributed by atoms with E-state index in [-0.39, 0.29) is 11.7 Å². The summed E-state index contributed by atoms with van der Waals surface area (Å²) in [5.74, 6) is -0.395. The number of amides is 1. The Balaban J connectivity index is 1.75. The van der Waals surface area contributed by atoms with Crippen LogP contribution in [-0.2, 0) is 6.54 Å². The molecule has 0 atom stereocenters. The van der Waals surface area contributed by atoms with Crippen molar-refractivity contribution >= 4 is 5.91 Å². The lowest BCUT2D eigenvalue weighted by Gasteiger charge is -2.15. The van der Waals surface area contributed by atoms with Crippen molar-refractivity contribution in [3.8, 4) is 11.1 Å². The van der Waals surface area contributed by atoms with E-state index >= 15 is 0 Å². The Morgan fingerprint density at radius 3 is 2.57 bits per heavy atom. The molecule has 0 spiro atoms. The first-order valence-corrected chi connectivity index (χ1v) is 7.14. The fraction of sp³-hybridized carbons (Fsp3) is 0.111. The van der Waals surface area contributed by atoms with E-state index in [2.05, 4.69) is 5.16 Å². The minimum atomic E-state index is -0.282. The summed E-state index contributed by atoms with van der Waals surface area (Å²) in [5, 5.41) is 3.79. The lowest BCUT2D eigenvalue weighted by Crippen LogP contribution is -2.26. The van der Waals surface area contributed by atoms with Crippen LogP contribution in [0.25, 0.3) is 11.1 Å². The van der Waals surface area contributed by atoms with Crippen LogP contribution in [0.1, 0.15) is 16.1 Å². The first-order chi connectivity index (χ1) is 11.1. The van der Waals surface area contributed by atoms with E-state index in [1.165, 1.54) is 18.4 Å². The molecule has 5 heteroatoms. The summed E-state index contributed by atoms with van der Waals surface area (Å²) in [4.78, 5) is 13.9. The quantitative estimate of drug-likeness (QED) is 0.737. The SMILES string of the molecule is CN(Cc1ccon1)C(=O)c1ccc(-c2cccc(F)c2)cc1. The molecule has 0 N–H and O–H groups in total. The molecule has 1 amide bonds. The number of carbonyl (C=O) groups excluding carboxylic acids is 1. The lowest BCUT2D eigenvalue weighted by molar-refractivity contribution is 0.0782. The standard InChI is InChI=1S/C18H15FN2O2/c1-21(12-17-9-10-23-20-17)18(22)14-7-5-13(6-8-14)15-3-2-4-16(19)11-15/h2-11H,12H2,1H3. The van der Waals surface area contributed by atoms with Gasteiger partial charge in [0.1, 0.15) is 17.8 Å². The number of halogens is 1. The summed E-state index contributed by atoms with van der Waals surface area (Å²) in [6.45, 7) is 0.376. The maximum Gasteiger partial charge on any atom is 0.253 e. The molecule has 1 aromatic heterocycles. The van der Waals surface area contributed by atoms with Crippen molar-refractivity contribution < 1.29 is 13.7 Å². The predicted octanol–water partition coefficient (Wildman–Crippen LogP) is 3.75. The van der Waals surface area contributed by atoms with Gasteiger partial charge >= 0.3 is 0 Å². The topological polar surface area (TPSA) is 46.3 Å². The van der Waals surface area contributed by atoms with E-state index in [1.54, 1.807) is 36.2 Å². The fourth-order valence-corrected chi connectivity index (χ4v) is 2.33. The average molecular weight is 310 g/mol. The summed E-state index contributed by atoms with van der Waals surface area (Å²) in [5.41, 5.74) is 2.90. The number of nitrogens with zero attached hydrogens (tertiary/aromatic N) is 2. The molecule has 0 bridgehead atoms. The second-order valence-electron chi connectivity index (χ2n) is 5.24. The monoisotopic (exact) mass is 310 g/mol. The molecular formula is C18H15FN2O2. The van der Waals surface area contributed by atoms with Crippen LogP contribution in [0.5, 0.6) is 0 Å². The molecule has 116 valence electrons. The van der Waals surface area contributed by atoms with Gasteiger partial charge in [-0.05, 0) is 35.4 Å². The summed E-state index contributed by atoms with van der Waals surface area (Å²) in [6.07, 6.45) is 1.47. The Bertz CT molecular complexity index is 798. The van der Waals surface area contributed by atoms with Crippen molar-refractivity contribution in [3.05, 3.63) is 77.9 Å². The molecule has 3 rings (SSSR count). The normalized spacial score (nSPS) is 10.5. The summed E-state index contributed by atoms with van der Waals surface area (Å²) >= 11 is 0. The van der Waals surface area contributed by atoms with Crippen LogP contribution in [0.15, 0.2) is 65.4 Å². The molecule has 4 nitrogen and oxygen atoms in total. The Labute approximate surface area is 133 Å². The predicted molar refractivity (Wildman–Crippen MR) is 84.1 cm³/mol. The van der Waals surface area contributed by atoms with Crippen LogP contribution in [0, 0.1) is 5.82 Å². The highest BCUT2D eigenvalue weighted by Crippen LogP contribution is 2.21. The molecule has 0 unspecified atom stereocenters. The van der Waals surface area contributed by atoms with Crippen molar-refractivity contribution in [2.24, 2.45) is 0 Å². The van der Waals surface area contributed by atoms with Crippen LogP contribution in [0.4, 0.5) is 4.39 Å². The van der Waals surface area contributed by atoms with Crippen molar-refractivity contribution in [3.63, 3.8) is 0 Å². The van der Waals surface area contributed by atoms with Crippen molar-refractivity contribution in [1.82, 2.24) is 10.1 Å². The molecule has 0 aliphatic rings. The highest BCUT2D eigenvalue weighted by Gasteiger charge is 2.13. The number of carbonyl (C=O) groups is 1. The Kier molecular flexibility index (Phi) is 4.19. The van der Waals surface area contributed by atoms with Gasteiger partial charge in [0.15, 0.2) is 0 Å². The van der Waals surface area contributed by atoms with Gasteiger partial charge in [0.2, 0.25) is 0 Å². The average Bonchev–Trinajstić information content (AvgIpc) is 3.07. The molecule has 0 radical (unpaired) electrons. The molecule has 1 heterocycles. The second kappa shape index (κ2) is 6.44. The van der Waals surface area contributed by atoms with Crippen LogP contribution in [0.2, 0.25) is 0 Å². The minimum Gasteiger partial charge on any atom is -0.364 e. The fourth-order valence-electron chi connectivity index (χ4n) is 2.33. The largest absolute Gasteiger partial charge is 0.364 e. The van der Waals surface area contributed by atoms with E-state index in [0.29, 0.717) is 17.8 Å². The molecule has 2 aromatic carbocycles. The number of aromatic nitrogens is 1. The van der Waals surface area contributed by atoms with Gasteiger partial charge in [-0.2, -0.15) is 0 Å². The maximum absolute atomic E-state index is 13.3. The van der Waals surface area contributed by atoms with E-state index in [4.69, 9.17) is 4.52 Å². The van der Waals surface area contributed by atoms with Gasteiger partial charge in [-0.15, -0.1) is 0 Å². The summed E-state index contributed by atoms with van der Waals surface area (Å²) in [7, 11) is 1.71. The highest BCUT2D eigenvalue weighted by molar-refractivity contribution is 5.94. The van der Waals surface area contributed by atoms with E-state index in [9.17, 15) is 9.18 Å². The Hall–Kier alpha value is -2.95. The zero-order valence-electron chi connectivity index (χ0n) is 12.6. The third-order valence-corrected chi connectivity index (χ3v) is 3.53. The van der Waals surface area contributed by atoms with Crippen LogP contribution >= 0.6 is 0 Å². The number of benzene rings is 2. The second-order valence-corrected chi connectivity index (χ2v) is 5.24. The lowest BCUT2D eigenvalue weighted by atomic mass is 10.0. The maximum atomic E-state index is 13.3. The molecular weight excluding hydrogens is 295 g/mol. The highest BCUT2D eigenvalue weighted by atomic mass is 19.1. The third kappa shape index (κ3) is 3.45. The van der Waals surface area contributed by atoms with Gasteiger partial charge in [-0.1, -0.05) is 29.4 Å². The summed E-state index contributed by atoms with van der Waals surface area (Å²) < 4.78 is 18.0. The smallest absolute Gasteiger partial charge is 0.253 e. The molecule has 0 saturated carbocycles. The first kappa shape index (κ1) is 15.0. The first-order valence-electron chi connectivity index (χ1n) is 7.14. The van der Waals surface area contributed by atoms with E-state index in [1.807, 2.05) is 18.2 Å². The Morgan fingerprint density at radius 2 is 1.91 bits per heavy atom. The molecule has 23 heavy (non-hydrogen) atoms. The molecule has 0 saturated heterocycles. The molecule has 3 aromatic rings. The Morgan fingerprint density at radius 1 is 1.13 bits per heavy atom. The van der Waals surface area contributed by atoms with Gasteiger partial charge in [0.25, 0.3) is 5.91 Å².